The molecule has 4 aromatic carbocycles. The second kappa shape index (κ2) is 12.4. The van der Waals surface area contributed by atoms with E-state index in [4.69, 9.17) is 0 Å². The number of benzene rings is 4. The fourth-order valence-electron chi connectivity index (χ4n) is 4.41. The summed E-state index contributed by atoms with van der Waals surface area (Å²) in [5, 5.41) is 0. The van der Waals surface area contributed by atoms with Crippen LogP contribution < -0.4 is 27.6 Å². The van der Waals surface area contributed by atoms with Crippen LogP contribution in [0.3, 0.4) is 0 Å². The van der Waals surface area contributed by atoms with Gasteiger partial charge in [0.2, 0.25) is 0 Å². The smallest absolute Gasteiger partial charge is 0.333 e. The van der Waals surface area contributed by atoms with Gasteiger partial charge in [-0.3, -0.25) is 0 Å². The van der Waals surface area contributed by atoms with Crippen molar-refractivity contribution in [2.45, 2.75) is 6.92 Å². The van der Waals surface area contributed by atoms with E-state index in [9.17, 15) is 4.79 Å². The molecule has 0 spiro atoms. The predicted octanol–water partition coefficient (Wildman–Crippen LogP) is 2.41. The Hall–Kier alpha value is -3.89. The van der Waals surface area contributed by atoms with E-state index in [2.05, 4.69) is 138 Å². The molecule has 0 amide bonds. The lowest BCUT2D eigenvalue weighted by Crippen LogP contribution is -2.74. The first-order valence-electron chi connectivity index (χ1n) is 11.6. The van der Waals surface area contributed by atoms with Crippen LogP contribution in [-0.4, -0.2) is 25.3 Å². The molecule has 0 heterocycles. The van der Waals surface area contributed by atoms with Crippen molar-refractivity contribution in [1.29, 1.82) is 0 Å². The molecule has 172 valence electrons. The number of carbonyl (C=O) groups excluding carboxylic acids is 1. The molecule has 0 saturated carbocycles. The molecule has 0 atom stereocenters. The summed E-state index contributed by atoms with van der Waals surface area (Å²) in [5.41, 5.74) is 9.30. The minimum atomic E-state index is -1.22. The average molecular weight is 449 g/mol. The maximum absolute atomic E-state index is 10.6. The lowest BCUT2D eigenvalue weighted by molar-refractivity contribution is -0.372. The van der Waals surface area contributed by atoms with Gasteiger partial charge < -0.3 is 10.5 Å². The lowest BCUT2D eigenvalue weighted by atomic mass is 9.13. The third-order valence-electron chi connectivity index (χ3n) is 5.92. The SMILES string of the molecule is C=C(C)C(=O)OCC[NH3+].c1ccc([B-](c2ccccc2)(c2ccccc2)c2ccccc2)cc1. The van der Waals surface area contributed by atoms with Crippen molar-refractivity contribution in [2.24, 2.45) is 0 Å². The predicted molar refractivity (Wildman–Crippen MR) is 144 cm³/mol. The molecular weight excluding hydrogens is 417 g/mol. The first-order valence-corrected chi connectivity index (χ1v) is 11.6. The number of hydrogen-bond acceptors (Lipinski definition) is 2. The van der Waals surface area contributed by atoms with Gasteiger partial charge in [0.05, 0.1) is 0 Å². The molecule has 4 rings (SSSR count). The Bertz CT molecular complexity index is 1000. The molecule has 0 aliphatic carbocycles. The van der Waals surface area contributed by atoms with Crippen LogP contribution in [0.4, 0.5) is 0 Å². The van der Waals surface area contributed by atoms with Gasteiger partial charge in [-0.15, -0.1) is 0 Å². The number of ether oxygens (including phenoxy) is 1. The summed E-state index contributed by atoms with van der Waals surface area (Å²) in [6.07, 6.45) is -1.22. The highest BCUT2D eigenvalue weighted by Gasteiger charge is 2.30. The van der Waals surface area contributed by atoms with Gasteiger partial charge in [0.1, 0.15) is 19.3 Å². The number of hydrogen-bond donors (Lipinski definition) is 1. The molecule has 0 aliphatic heterocycles. The number of rotatable bonds is 7. The van der Waals surface area contributed by atoms with E-state index < -0.39 is 6.15 Å². The molecule has 0 unspecified atom stereocenters. The Balaban J connectivity index is 0.000000309. The number of quaternary nitrogens is 1. The first kappa shape index (κ1) is 24.8. The van der Waals surface area contributed by atoms with Crippen LogP contribution in [0, 0.1) is 0 Å². The molecule has 0 fully saturated rings. The fraction of sp³-hybridized carbons (Fsp3) is 0.100. The maximum Gasteiger partial charge on any atom is 0.333 e. The zero-order valence-corrected chi connectivity index (χ0v) is 19.8. The van der Waals surface area contributed by atoms with Crippen LogP contribution in [0.5, 0.6) is 0 Å². The summed E-state index contributed by atoms with van der Waals surface area (Å²) in [5.74, 6) is -0.335. The third kappa shape index (κ3) is 5.72. The van der Waals surface area contributed by atoms with Crippen LogP contribution >= 0.6 is 0 Å². The van der Waals surface area contributed by atoms with Crippen molar-refractivity contribution >= 4 is 34.0 Å². The standard InChI is InChI=1S/C24H20B.C6H11NO2/c1-5-13-21(14-6-1)25(22-15-7-2-8-16-22,23-17-9-3-10-18-23)24-19-11-4-12-20-24;1-5(2)6(8)9-4-3-7/h1-20H;1,3-4,7H2,2H3/q-1;/p+1. The van der Waals surface area contributed by atoms with Crippen LogP contribution in [-0.2, 0) is 9.53 Å². The van der Waals surface area contributed by atoms with Crippen molar-refractivity contribution < 1.29 is 15.3 Å². The minimum absolute atomic E-state index is 0.335. The van der Waals surface area contributed by atoms with E-state index in [1.807, 2.05) is 0 Å². The second-order valence-corrected chi connectivity index (χ2v) is 8.28. The third-order valence-corrected chi connectivity index (χ3v) is 5.92. The minimum Gasteiger partial charge on any atom is -0.456 e. The Morgan fingerprint density at radius 3 is 1.21 bits per heavy atom. The highest BCUT2D eigenvalue weighted by Crippen LogP contribution is 2.09. The molecule has 0 saturated heterocycles. The van der Waals surface area contributed by atoms with Crippen molar-refractivity contribution in [3.05, 3.63) is 133 Å². The van der Waals surface area contributed by atoms with Gasteiger partial charge in [-0.05, 0) is 6.92 Å². The Kier molecular flexibility index (Phi) is 9.01. The molecule has 4 heteroatoms. The normalized spacial score (nSPS) is 10.5. The molecular formula is C30H32BNO2. The maximum atomic E-state index is 10.6. The highest BCUT2D eigenvalue weighted by atomic mass is 16.5. The zero-order chi connectivity index (χ0) is 24.2. The molecule has 0 aromatic heterocycles. The van der Waals surface area contributed by atoms with E-state index in [0.29, 0.717) is 18.7 Å². The summed E-state index contributed by atoms with van der Waals surface area (Å²) in [6.45, 7) is 6.02. The van der Waals surface area contributed by atoms with Gasteiger partial charge >= 0.3 is 5.97 Å². The van der Waals surface area contributed by atoms with Crippen molar-refractivity contribution in [2.75, 3.05) is 13.2 Å². The van der Waals surface area contributed by atoms with Gasteiger partial charge in [-0.1, -0.05) is 128 Å². The molecule has 0 radical (unpaired) electrons. The van der Waals surface area contributed by atoms with E-state index in [1.165, 1.54) is 21.9 Å². The van der Waals surface area contributed by atoms with Gasteiger partial charge in [0, 0.05) is 5.57 Å². The fourth-order valence-corrected chi connectivity index (χ4v) is 4.41. The van der Waals surface area contributed by atoms with Crippen molar-refractivity contribution in [1.82, 2.24) is 0 Å². The molecule has 3 N–H and O–H groups in total. The summed E-state index contributed by atoms with van der Waals surface area (Å²) in [6, 6.07) is 43.5. The van der Waals surface area contributed by atoms with Gasteiger partial charge in [-0.25, -0.2) is 4.79 Å². The molecule has 3 nitrogen and oxygen atoms in total. The number of esters is 1. The van der Waals surface area contributed by atoms with Gasteiger partial charge in [0.25, 0.3) is 0 Å². The van der Waals surface area contributed by atoms with Gasteiger partial charge in [0.15, 0.2) is 0 Å². The largest absolute Gasteiger partial charge is 0.456 e. The zero-order valence-electron chi connectivity index (χ0n) is 19.8. The molecule has 0 aliphatic rings. The quantitative estimate of drug-likeness (QED) is 0.268. The topological polar surface area (TPSA) is 53.9 Å². The lowest BCUT2D eigenvalue weighted by Gasteiger charge is -2.44. The van der Waals surface area contributed by atoms with Crippen LogP contribution in [0.15, 0.2) is 133 Å². The van der Waals surface area contributed by atoms with E-state index in [-0.39, 0.29) is 5.97 Å². The first-order chi connectivity index (χ1) is 16.6. The van der Waals surface area contributed by atoms with Crippen LogP contribution in [0.25, 0.3) is 0 Å². The number of carbonyl (C=O) groups is 1. The second-order valence-electron chi connectivity index (χ2n) is 8.28. The summed E-state index contributed by atoms with van der Waals surface area (Å²) in [4.78, 5) is 10.6. The van der Waals surface area contributed by atoms with E-state index in [1.54, 1.807) is 6.92 Å². The van der Waals surface area contributed by atoms with E-state index >= 15 is 0 Å². The molecule has 4 aromatic rings. The molecule has 0 bridgehead atoms. The summed E-state index contributed by atoms with van der Waals surface area (Å²) in [7, 11) is 0. The summed E-state index contributed by atoms with van der Waals surface area (Å²) >= 11 is 0. The highest BCUT2D eigenvalue weighted by molar-refractivity contribution is 7.19. The summed E-state index contributed by atoms with van der Waals surface area (Å²) < 4.78 is 4.65. The Morgan fingerprint density at radius 2 is 0.971 bits per heavy atom. The molecule has 34 heavy (non-hydrogen) atoms. The van der Waals surface area contributed by atoms with Crippen molar-refractivity contribution in [3.8, 4) is 0 Å². The average Bonchev–Trinajstić information content (AvgIpc) is 2.90. The van der Waals surface area contributed by atoms with Crippen molar-refractivity contribution in [3.63, 3.8) is 0 Å². The van der Waals surface area contributed by atoms with Gasteiger partial charge in [-0.2, -0.15) is 21.9 Å². The Labute approximate surface area is 202 Å². The van der Waals surface area contributed by atoms with Crippen LogP contribution in [0.1, 0.15) is 6.92 Å². The van der Waals surface area contributed by atoms with E-state index in [0.717, 1.165) is 0 Å². The Morgan fingerprint density at radius 1 is 0.676 bits per heavy atom. The monoisotopic (exact) mass is 449 g/mol. The van der Waals surface area contributed by atoms with Crippen LogP contribution in [0.2, 0.25) is 0 Å².